The predicted molar refractivity (Wildman–Crippen MR) is 83.6 cm³/mol. The van der Waals surface area contributed by atoms with Crippen LogP contribution in [0.2, 0.25) is 0 Å². The lowest BCUT2D eigenvalue weighted by Crippen LogP contribution is -2.07. The van der Waals surface area contributed by atoms with E-state index in [0.717, 1.165) is 22.9 Å². The zero-order valence-corrected chi connectivity index (χ0v) is 13.4. The second kappa shape index (κ2) is 5.45. The summed E-state index contributed by atoms with van der Waals surface area (Å²) in [7, 11) is -3.24. The van der Waals surface area contributed by atoms with Crippen molar-refractivity contribution in [2.75, 3.05) is 6.26 Å². The highest BCUT2D eigenvalue weighted by atomic mass is 32.2. The van der Waals surface area contributed by atoms with E-state index in [4.69, 9.17) is 0 Å². The van der Waals surface area contributed by atoms with Crippen molar-refractivity contribution >= 4 is 15.6 Å². The maximum atomic E-state index is 12.6. The molecule has 21 heavy (non-hydrogen) atoms. The van der Waals surface area contributed by atoms with Crippen molar-refractivity contribution in [2.24, 2.45) is 0 Å². The zero-order chi connectivity index (χ0) is 15.8. The summed E-state index contributed by atoms with van der Waals surface area (Å²) in [5.41, 5.74) is 4.17. The van der Waals surface area contributed by atoms with Crippen molar-refractivity contribution in [1.29, 1.82) is 0 Å². The van der Waals surface area contributed by atoms with E-state index in [1.807, 2.05) is 32.9 Å². The minimum atomic E-state index is -3.24. The van der Waals surface area contributed by atoms with E-state index in [-0.39, 0.29) is 10.7 Å². The molecule has 0 radical (unpaired) electrons. The second-order valence-electron chi connectivity index (χ2n) is 5.40. The molecule has 0 aliphatic rings. The summed E-state index contributed by atoms with van der Waals surface area (Å²) in [6.07, 6.45) is 1.15. The number of hydrogen-bond donors (Lipinski definition) is 0. The minimum Gasteiger partial charge on any atom is -0.289 e. The first-order valence-electron chi connectivity index (χ1n) is 6.63. The standard InChI is InChI=1S/C17H18O3S/c1-11-9-12(2)16(13(3)10-11)17(18)14-5-7-15(8-6-14)21(4,19)20/h5-10H,1-4H3. The first kappa shape index (κ1) is 15.4. The third kappa shape index (κ3) is 3.22. The van der Waals surface area contributed by atoms with Gasteiger partial charge in [-0.15, -0.1) is 0 Å². The fourth-order valence-corrected chi connectivity index (χ4v) is 3.17. The Hall–Kier alpha value is -1.94. The molecule has 0 aromatic heterocycles. The molecule has 0 spiro atoms. The van der Waals surface area contributed by atoms with E-state index in [1.165, 1.54) is 12.1 Å². The van der Waals surface area contributed by atoms with Crippen LogP contribution >= 0.6 is 0 Å². The zero-order valence-electron chi connectivity index (χ0n) is 12.6. The van der Waals surface area contributed by atoms with E-state index in [1.54, 1.807) is 12.1 Å². The summed E-state index contributed by atoms with van der Waals surface area (Å²) < 4.78 is 22.9. The third-order valence-corrected chi connectivity index (χ3v) is 4.58. The second-order valence-corrected chi connectivity index (χ2v) is 7.42. The number of carbonyl (C=O) groups is 1. The highest BCUT2D eigenvalue weighted by molar-refractivity contribution is 7.90. The molecule has 2 aromatic carbocycles. The highest BCUT2D eigenvalue weighted by Gasteiger charge is 2.16. The Morgan fingerprint density at radius 3 is 1.81 bits per heavy atom. The molecule has 2 aromatic rings. The molecule has 0 aliphatic carbocycles. The van der Waals surface area contributed by atoms with Crippen LogP contribution in [-0.2, 0) is 9.84 Å². The predicted octanol–water partition coefficient (Wildman–Crippen LogP) is 3.25. The molecule has 2 rings (SSSR count). The van der Waals surface area contributed by atoms with Gasteiger partial charge in [0.1, 0.15) is 0 Å². The lowest BCUT2D eigenvalue weighted by Gasteiger charge is -2.10. The van der Waals surface area contributed by atoms with Gasteiger partial charge in [0, 0.05) is 17.4 Å². The number of aryl methyl sites for hydroxylation is 3. The van der Waals surface area contributed by atoms with Crippen LogP contribution in [0.4, 0.5) is 0 Å². The van der Waals surface area contributed by atoms with Gasteiger partial charge in [-0.05, 0) is 56.2 Å². The SMILES string of the molecule is Cc1cc(C)c(C(=O)c2ccc(S(C)(=O)=O)cc2)c(C)c1. The summed E-state index contributed by atoms with van der Waals surface area (Å²) in [5, 5.41) is 0. The van der Waals surface area contributed by atoms with Crippen LogP contribution in [0.25, 0.3) is 0 Å². The summed E-state index contributed by atoms with van der Waals surface area (Å²) >= 11 is 0. The van der Waals surface area contributed by atoms with Crippen LogP contribution in [0, 0.1) is 20.8 Å². The Balaban J connectivity index is 2.46. The Morgan fingerprint density at radius 2 is 1.38 bits per heavy atom. The molecule has 0 unspecified atom stereocenters. The summed E-state index contributed by atoms with van der Waals surface area (Å²) in [4.78, 5) is 12.8. The van der Waals surface area contributed by atoms with Crippen LogP contribution in [-0.4, -0.2) is 20.5 Å². The molecule has 0 amide bonds. The topological polar surface area (TPSA) is 51.2 Å². The molecule has 0 fully saturated rings. The number of ketones is 1. The third-order valence-electron chi connectivity index (χ3n) is 3.45. The average Bonchev–Trinajstić information content (AvgIpc) is 2.36. The van der Waals surface area contributed by atoms with E-state index in [0.29, 0.717) is 11.1 Å². The van der Waals surface area contributed by atoms with E-state index < -0.39 is 9.84 Å². The maximum absolute atomic E-state index is 12.6. The number of rotatable bonds is 3. The first-order valence-corrected chi connectivity index (χ1v) is 8.52. The van der Waals surface area contributed by atoms with Crippen LogP contribution < -0.4 is 0 Å². The van der Waals surface area contributed by atoms with Gasteiger partial charge in [0.05, 0.1) is 4.90 Å². The smallest absolute Gasteiger partial charge is 0.193 e. The number of benzene rings is 2. The van der Waals surface area contributed by atoms with Gasteiger partial charge in [0.2, 0.25) is 0 Å². The Bertz CT molecular complexity index is 777. The Kier molecular flexibility index (Phi) is 4.01. The van der Waals surface area contributed by atoms with Crippen molar-refractivity contribution < 1.29 is 13.2 Å². The summed E-state index contributed by atoms with van der Waals surface area (Å²) in [6, 6.07) is 10.0. The van der Waals surface area contributed by atoms with Crippen LogP contribution in [0.5, 0.6) is 0 Å². The number of carbonyl (C=O) groups excluding carboxylic acids is 1. The van der Waals surface area contributed by atoms with Gasteiger partial charge in [-0.3, -0.25) is 4.79 Å². The van der Waals surface area contributed by atoms with Crippen molar-refractivity contribution in [3.63, 3.8) is 0 Å². The highest BCUT2D eigenvalue weighted by Crippen LogP contribution is 2.21. The van der Waals surface area contributed by atoms with Gasteiger partial charge in [0.15, 0.2) is 15.6 Å². The molecule has 0 saturated heterocycles. The monoisotopic (exact) mass is 302 g/mol. The van der Waals surface area contributed by atoms with Crippen LogP contribution in [0.15, 0.2) is 41.3 Å². The van der Waals surface area contributed by atoms with Crippen molar-refractivity contribution in [3.8, 4) is 0 Å². The van der Waals surface area contributed by atoms with Gasteiger partial charge in [-0.1, -0.05) is 17.7 Å². The lowest BCUT2D eigenvalue weighted by atomic mass is 9.93. The molecule has 110 valence electrons. The number of hydrogen-bond acceptors (Lipinski definition) is 3. The quantitative estimate of drug-likeness (QED) is 0.818. The Labute approximate surface area is 125 Å². The summed E-state index contributed by atoms with van der Waals surface area (Å²) in [6.45, 7) is 5.82. The molecule has 4 heteroatoms. The van der Waals surface area contributed by atoms with E-state index >= 15 is 0 Å². The normalized spacial score (nSPS) is 11.4. The molecule has 0 aliphatic heterocycles. The van der Waals surface area contributed by atoms with E-state index in [9.17, 15) is 13.2 Å². The fraction of sp³-hybridized carbons (Fsp3) is 0.235. The minimum absolute atomic E-state index is 0.0787. The molecular weight excluding hydrogens is 284 g/mol. The Morgan fingerprint density at radius 1 is 0.905 bits per heavy atom. The van der Waals surface area contributed by atoms with Crippen molar-refractivity contribution in [3.05, 3.63) is 64.2 Å². The van der Waals surface area contributed by atoms with Crippen LogP contribution in [0.1, 0.15) is 32.6 Å². The molecule has 0 atom stereocenters. The van der Waals surface area contributed by atoms with Crippen molar-refractivity contribution in [2.45, 2.75) is 25.7 Å². The van der Waals surface area contributed by atoms with E-state index in [2.05, 4.69) is 0 Å². The lowest BCUT2D eigenvalue weighted by molar-refractivity contribution is 0.103. The molecular formula is C17H18O3S. The van der Waals surface area contributed by atoms with Gasteiger partial charge < -0.3 is 0 Å². The average molecular weight is 302 g/mol. The molecule has 0 heterocycles. The molecule has 0 bridgehead atoms. The van der Waals surface area contributed by atoms with Gasteiger partial charge in [-0.25, -0.2) is 8.42 Å². The van der Waals surface area contributed by atoms with Gasteiger partial charge in [0.25, 0.3) is 0 Å². The maximum Gasteiger partial charge on any atom is 0.193 e. The molecule has 0 N–H and O–H groups in total. The largest absolute Gasteiger partial charge is 0.289 e. The first-order chi connectivity index (χ1) is 9.70. The van der Waals surface area contributed by atoms with Crippen LogP contribution in [0.3, 0.4) is 0 Å². The fourth-order valence-electron chi connectivity index (χ4n) is 2.54. The molecule has 3 nitrogen and oxygen atoms in total. The molecule has 0 saturated carbocycles. The van der Waals surface area contributed by atoms with Gasteiger partial charge in [-0.2, -0.15) is 0 Å². The summed E-state index contributed by atoms with van der Waals surface area (Å²) in [5.74, 6) is -0.0787. The number of sulfone groups is 1. The van der Waals surface area contributed by atoms with Crippen molar-refractivity contribution in [1.82, 2.24) is 0 Å². The van der Waals surface area contributed by atoms with Gasteiger partial charge >= 0.3 is 0 Å².